The zero-order valence-corrected chi connectivity index (χ0v) is 14.5. The van der Waals surface area contributed by atoms with Crippen LogP contribution < -0.4 is 16.6 Å². The number of hydrogen-bond donors (Lipinski definition) is 1. The van der Waals surface area contributed by atoms with Gasteiger partial charge < -0.3 is 5.32 Å². The Morgan fingerprint density at radius 1 is 1.17 bits per heavy atom. The van der Waals surface area contributed by atoms with Gasteiger partial charge in [0.25, 0.3) is 5.56 Å². The predicted molar refractivity (Wildman–Crippen MR) is 95.2 cm³/mol. The molecule has 1 aromatic carbocycles. The quantitative estimate of drug-likeness (QED) is 0.840. The van der Waals surface area contributed by atoms with Crippen LogP contribution in [0.25, 0.3) is 10.9 Å². The third-order valence-electron chi connectivity index (χ3n) is 3.94. The molecular formula is C18H25N3O3. The first-order chi connectivity index (χ1) is 11.5. The van der Waals surface area contributed by atoms with E-state index in [9.17, 15) is 14.4 Å². The Labute approximate surface area is 141 Å². The Hall–Kier alpha value is -2.37. The zero-order valence-electron chi connectivity index (χ0n) is 14.5. The van der Waals surface area contributed by atoms with Gasteiger partial charge in [-0.1, -0.05) is 32.9 Å². The molecule has 6 nitrogen and oxygen atoms in total. The molecule has 0 aliphatic carbocycles. The van der Waals surface area contributed by atoms with Crippen LogP contribution in [-0.2, 0) is 17.9 Å². The summed E-state index contributed by atoms with van der Waals surface area (Å²) in [6.07, 6.45) is 1.56. The van der Waals surface area contributed by atoms with Crippen molar-refractivity contribution in [2.45, 2.75) is 46.7 Å². The van der Waals surface area contributed by atoms with Gasteiger partial charge in [0.05, 0.1) is 10.9 Å². The minimum absolute atomic E-state index is 0.0820. The van der Waals surface area contributed by atoms with E-state index >= 15 is 0 Å². The maximum absolute atomic E-state index is 12.8. The monoisotopic (exact) mass is 331 g/mol. The Morgan fingerprint density at radius 3 is 2.54 bits per heavy atom. The molecule has 130 valence electrons. The Kier molecular flexibility index (Phi) is 5.95. The largest absolute Gasteiger partial charge is 0.355 e. The van der Waals surface area contributed by atoms with E-state index in [4.69, 9.17) is 0 Å². The van der Waals surface area contributed by atoms with Crippen LogP contribution in [0.2, 0.25) is 0 Å². The first kappa shape index (κ1) is 18.0. The van der Waals surface area contributed by atoms with Crippen LogP contribution in [0.15, 0.2) is 33.9 Å². The fourth-order valence-electron chi connectivity index (χ4n) is 2.57. The molecule has 0 unspecified atom stereocenters. The zero-order chi connectivity index (χ0) is 17.7. The highest BCUT2D eigenvalue weighted by Crippen LogP contribution is 2.08. The van der Waals surface area contributed by atoms with Gasteiger partial charge in [-0.25, -0.2) is 4.79 Å². The molecule has 0 aliphatic rings. The third-order valence-corrected chi connectivity index (χ3v) is 3.94. The standard InChI is InChI=1S/C18H25N3O3/c1-4-10-19-16(22)12-21-15-8-6-5-7-14(15)17(23)20(18(21)24)11-9-13(2)3/h5-8,13H,4,9-12H2,1-3H3,(H,19,22). The van der Waals surface area contributed by atoms with Crippen LogP contribution in [0.1, 0.15) is 33.6 Å². The lowest BCUT2D eigenvalue weighted by Crippen LogP contribution is -2.42. The second-order valence-corrected chi connectivity index (χ2v) is 6.38. The third kappa shape index (κ3) is 3.93. The summed E-state index contributed by atoms with van der Waals surface area (Å²) >= 11 is 0. The number of carbonyl (C=O) groups excluding carboxylic acids is 1. The number of nitrogens with one attached hydrogen (secondary N) is 1. The summed E-state index contributed by atoms with van der Waals surface area (Å²) < 4.78 is 2.64. The van der Waals surface area contributed by atoms with E-state index in [2.05, 4.69) is 5.32 Å². The number of fused-ring (bicyclic) bond motifs is 1. The van der Waals surface area contributed by atoms with Gasteiger partial charge in [0.15, 0.2) is 0 Å². The number of carbonyl (C=O) groups is 1. The van der Waals surface area contributed by atoms with Gasteiger partial charge in [0.1, 0.15) is 6.54 Å². The second-order valence-electron chi connectivity index (χ2n) is 6.38. The van der Waals surface area contributed by atoms with Gasteiger partial charge in [0, 0.05) is 13.1 Å². The average molecular weight is 331 g/mol. The van der Waals surface area contributed by atoms with Crippen molar-refractivity contribution in [2.75, 3.05) is 6.54 Å². The molecule has 0 aliphatic heterocycles. The van der Waals surface area contributed by atoms with E-state index < -0.39 is 5.69 Å². The van der Waals surface area contributed by atoms with Gasteiger partial charge in [-0.15, -0.1) is 0 Å². The van der Waals surface area contributed by atoms with E-state index in [1.165, 1.54) is 9.13 Å². The normalized spacial score (nSPS) is 11.2. The summed E-state index contributed by atoms with van der Waals surface area (Å²) in [5, 5.41) is 3.23. The van der Waals surface area contributed by atoms with E-state index in [1.807, 2.05) is 20.8 Å². The fourth-order valence-corrected chi connectivity index (χ4v) is 2.57. The molecule has 0 saturated carbocycles. The molecule has 0 atom stereocenters. The second kappa shape index (κ2) is 7.95. The van der Waals surface area contributed by atoms with Crippen LogP contribution >= 0.6 is 0 Å². The highest BCUT2D eigenvalue weighted by molar-refractivity contribution is 5.81. The summed E-state index contributed by atoms with van der Waals surface area (Å²) in [6, 6.07) is 6.93. The summed E-state index contributed by atoms with van der Waals surface area (Å²) in [7, 11) is 0. The van der Waals surface area contributed by atoms with Crippen LogP contribution in [-0.4, -0.2) is 21.6 Å². The molecule has 0 radical (unpaired) electrons. The van der Waals surface area contributed by atoms with Crippen LogP contribution in [0.3, 0.4) is 0 Å². The van der Waals surface area contributed by atoms with Crippen molar-refractivity contribution in [2.24, 2.45) is 5.92 Å². The van der Waals surface area contributed by atoms with Crippen molar-refractivity contribution >= 4 is 16.8 Å². The summed E-state index contributed by atoms with van der Waals surface area (Å²) in [4.78, 5) is 37.5. The minimum Gasteiger partial charge on any atom is -0.355 e. The van der Waals surface area contributed by atoms with Gasteiger partial charge >= 0.3 is 5.69 Å². The maximum atomic E-state index is 12.8. The Balaban J connectivity index is 2.53. The number of nitrogens with zero attached hydrogens (tertiary/aromatic N) is 2. The highest BCUT2D eigenvalue weighted by atomic mass is 16.2. The number of hydrogen-bond acceptors (Lipinski definition) is 3. The Bertz CT molecular complexity index is 833. The molecule has 24 heavy (non-hydrogen) atoms. The van der Waals surface area contributed by atoms with Gasteiger partial charge in [-0.05, 0) is 30.9 Å². The van der Waals surface area contributed by atoms with E-state index in [1.54, 1.807) is 24.3 Å². The fraction of sp³-hybridized carbons (Fsp3) is 0.500. The highest BCUT2D eigenvalue weighted by Gasteiger charge is 2.15. The number of amides is 1. The topological polar surface area (TPSA) is 73.1 Å². The SMILES string of the molecule is CCCNC(=O)Cn1c(=O)n(CCC(C)C)c(=O)c2ccccc21. The van der Waals surface area contributed by atoms with Crippen molar-refractivity contribution in [1.82, 2.24) is 14.5 Å². The molecule has 2 aromatic rings. The van der Waals surface area contributed by atoms with Gasteiger partial charge in [-0.2, -0.15) is 0 Å². The molecule has 6 heteroatoms. The van der Waals surface area contributed by atoms with Gasteiger partial charge in [-0.3, -0.25) is 18.7 Å². The molecule has 1 N–H and O–H groups in total. The average Bonchev–Trinajstić information content (AvgIpc) is 2.56. The predicted octanol–water partition coefficient (Wildman–Crippen LogP) is 1.74. The lowest BCUT2D eigenvalue weighted by atomic mass is 10.1. The summed E-state index contributed by atoms with van der Waals surface area (Å²) in [6.45, 7) is 6.90. The van der Waals surface area contributed by atoms with Crippen molar-refractivity contribution in [3.8, 4) is 0 Å². The number of benzene rings is 1. The number of rotatable bonds is 7. The molecule has 0 fully saturated rings. The summed E-state index contributed by atoms with van der Waals surface area (Å²) in [5.74, 6) is 0.155. The Morgan fingerprint density at radius 2 is 1.88 bits per heavy atom. The molecule has 1 aromatic heterocycles. The molecular weight excluding hydrogens is 306 g/mol. The molecule has 1 heterocycles. The number of para-hydroxylation sites is 1. The van der Waals surface area contributed by atoms with Crippen molar-refractivity contribution in [3.63, 3.8) is 0 Å². The van der Waals surface area contributed by atoms with Crippen LogP contribution in [0.4, 0.5) is 0 Å². The maximum Gasteiger partial charge on any atom is 0.331 e. The first-order valence-corrected chi connectivity index (χ1v) is 8.44. The van der Waals surface area contributed by atoms with Crippen LogP contribution in [0.5, 0.6) is 0 Å². The van der Waals surface area contributed by atoms with E-state index in [0.717, 1.165) is 12.8 Å². The van der Waals surface area contributed by atoms with Gasteiger partial charge in [0.2, 0.25) is 5.91 Å². The molecule has 0 spiro atoms. The van der Waals surface area contributed by atoms with Crippen LogP contribution in [0, 0.1) is 5.92 Å². The van der Waals surface area contributed by atoms with Crippen molar-refractivity contribution < 1.29 is 4.79 Å². The first-order valence-electron chi connectivity index (χ1n) is 8.44. The van der Waals surface area contributed by atoms with Crippen molar-refractivity contribution in [1.29, 1.82) is 0 Å². The van der Waals surface area contributed by atoms with E-state index in [-0.39, 0.29) is 18.0 Å². The molecule has 1 amide bonds. The lowest BCUT2D eigenvalue weighted by Gasteiger charge is -2.14. The molecule has 0 saturated heterocycles. The van der Waals surface area contributed by atoms with Crippen molar-refractivity contribution in [3.05, 3.63) is 45.1 Å². The molecule has 2 rings (SSSR count). The minimum atomic E-state index is -0.425. The summed E-state index contributed by atoms with van der Waals surface area (Å²) in [5.41, 5.74) is -0.215. The number of aromatic nitrogens is 2. The smallest absolute Gasteiger partial charge is 0.331 e. The lowest BCUT2D eigenvalue weighted by molar-refractivity contribution is -0.121. The van der Waals surface area contributed by atoms with E-state index in [0.29, 0.717) is 29.9 Å². The molecule has 0 bridgehead atoms.